The molecule has 0 aromatic carbocycles. The summed E-state index contributed by atoms with van der Waals surface area (Å²) in [4.78, 5) is 4.23. The summed E-state index contributed by atoms with van der Waals surface area (Å²) in [6, 6.07) is 3.91. The zero-order chi connectivity index (χ0) is 12.1. The Labute approximate surface area is 107 Å². The van der Waals surface area contributed by atoms with Gasteiger partial charge >= 0.3 is 0 Å². The highest BCUT2D eigenvalue weighted by Crippen LogP contribution is 2.10. The first-order valence-corrected chi connectivity index (χ1v) is 6.24. The maximum absolute atomic E-state index is 5.50. The first-order valence-electron chi connectivity index (χ1n) is 5.83. The molecule has 4 nitrogen and oxygen atoms in total. The van der Waals surface area contributed by atoms with Crippen molar-refractivity contribution in [2.45, 2.75) is 25.9 Å². The van der Waals surface area contributed by atoms with Crippen LogP contribution in [0.3, 0.4) is 0 Å². The minimum atomic E-state index is 0.292. The minimum absolute atomic E-state index is 0.292. The van der Waals surface area contributed by atoms with Crippen molar-refractivity contribution in [3.8, 4) is 0 Å². The van der Waals surface area contributed by atoms with Crippen LogP contribution in [0.15, 0.2) is 18.3 Å². The van der Waals surface area contributed by atoms with E-state index in [1.165, 1.54) is 0 Å². The van der Waals surface area contributed by atoms with Crippen LogP contribution in [0.5, 0.6) is 0 Å². The third-order valence-corrected chi connectivity index (χ3v) is 2.91. The Bertz CT molecular complexity index is 374. The summed E-state index contributed by atoms with van der Waals surface area (Å²) in [6.07, 6.45) is 4.36. The Morgan fingerprint density at radius 1 is 1.59 bits per heavy atom. The van der Waals surface area contributed by atoms with Crippen LogP contribution in [0.2, 0.25) is 0 Å². The van der Waals surface area contributed by atoms with Gasteiger partial charge in [0.15, 0.2) is 5.11 Å². The zero-order valence-electron chi connectivity index (χ0n) is 9.90. The van der Waals surface area contributed by atoms with Gasteiger partial charge in [0.05, 0.1) is 6.10 Å². The molecule has 0 amide bonds. The number of anilines is 1. The number of hydrogen-bond acceptors (Lipinski definition) is 3. The third-order valence-electron chi connectivity index (χ3n) is 2.67. The summed E-state index contributed by atoms with van der Waals surface area (Å²) in [6.45, 7) is 3.63. The Morgan fingerprint density at radius 2 is 2.47 bits per heavy atom. The summed E-state index contributed by atoms with van der Waals surface area (Å²) < 4.78 is 5.50. The summed E-state index contributed by atoms with van der Waals surface area (Å²) in [7, 11) is 0. The van der Waals surface area contributed by atoms with Gasteiger partial charge in [-0.05, 0) is 43.6 Å². The lowest BCUT2D eigenvalue weighted by Crippen LogP contribution is -2.35. The van der Waals surface area contributed by atoms with Gasteiger partial charge in [0, 0.05) is 19.3 Å². The molecule has 1 aromatic rings. The molecule has 92 valence electrons. The predicted octanol–water partition coefficient (Wildman–Crippen LogP) is 1.86. The fraction of sp³-hybridized carbons (Fsp3) is 0.500. The van der Waals surface area contributed by atoms with E-state index in [1.54, 1.807) is 0 Å². The number of pyridine rings is 1. The van der Waals surface area contributed by atoms with Gasteiger partial charge in [-0.2, -0.15) is 0 Å². The summed E-state index contributed by atoms with van der Waals surface area (Å²) in [5.74, 6) is 0.764. The number of rotatable bonds is 3. The molecule has 0 unspecified atom stereocenters. The van der Waals surface area contributed by atoms with E-state index >= 15 is 0 Å². The maximum Gasteiger partial charge on any atom is 0.172 e. The molecule has 0 aliphatic carbocycles. The molecule has 0 bridgehead atoms. The van der Waals surface area contributed by atoms with Gasteiger partial charge in [-0.1, -0.05) is 6.07 Å². The first-order chi connectivity index (χ1) is 8.24. The molecule has 1 atom stereocenters. The van der Waals surface area contributed by atoms with Crippen LogP contribution >= 0.6 is 12.2 Å². The van der Waals surface area contributed by atoms with Gasteiger partial charge < -0.3 is 15.4 Å². The molecule has 1 aliphatic rings. The van der Waals surface area contributed by atoms with Crippen molar-refractivity contribution < 1.29 is 4.74 Å². The normalized spacial score (nSPS) is 19.0. The molecule has 2 rings (SSSR count). The number of thiocarbonyl (C=S) groups is 1. The molecular formula is C12H17N3OS. The van der Waals surface area contributed by atoms with Crippen molar-refractivity contribution in [2.75, 3.05) is 18.5 Å². The van der Waals surface area contributed by atoms with Crippen LogP contribution in [-0.2, 0) is 4.74 Å². The fourth-order valence-electron chi connectivity index (χ4n) is 1.71. The highest BCUT2D eigenvalue weighted by Gasteiger charge is 2.15. The second kappa shape index (κ2) is 5.93. The van der Waals surface area contributed by atoms with Gasteiger partial charge in [0.25, 0.3) is 0 Å². The van der Waals surface area contributed by atoms with E-state index < -0.39 is 0 Å². The van der Waals surface area contributed by atoms with Gasteiger partial charge in [-0.3, -0.25) is 0 Å². The number of nitrogens with zero attached hydrogens (tertiary/aromatic N) is 1. The highest BCUT2D eigenvalue weighted by atomic mass is 32.1. The average molecular weight is 251 g/mol. The van der Waals surface area contributed by atoms with Gasteiger partial charge in [-0.25, -0.2) is 4.98 Å². The van der Waals surface area contributed by atoms with Crippen LogP contribution in [0.25, 0.3) is 0 Å². The molecule has 2 N–H and O–H groups in total. The predicted molar refractivity (Wildman–Crippen MR) is 72.2 cm³/mol. The molecular weight excluding hydrogens is 234 g/mol. The molecule has 0 radical (unpaired) electrons. The lowest BCUT2D eigenvalue weighted by molar-refractivity contribution is 0.114. The Hall–Kier alpha value is -1.20. The van der Waals surface area contributed by atoms with Gasteiger partial charge in [0.1, 0.15) is 5.82 Å². The van der Waals surface area contributed by atoms with E-state index in [1.807, 2.05) is 25.3 Å². The first kappa shape index (κ1) is 12.3. The fourth-order valence-corrected chi connectivity index (χ4v) is 1.90. The van der Waals surface area contributed by atoms with Crippen molar-refractivity contribution in [3.63, 3.8) is 0 Å². The summed E-state index contributed by atoms with van der Waals surface area (Å²) in [5, 5.41) is 6.78. The molecule has 17 heavy (non-hydrogen) atoms. The molecule has 1 saturated heterocycles. The Morgan fingerprint density at radius 3 is 3.12 bits per heavy atom. The quantitative estimate of drug-likeness (QED) is 0.803. The molecule has 1 aliphatic heterocycles. The zero-order valence-corrected chi connectivity index (χ0v) is 10.7. The molecule has 5 heteroatoms. The van der Waals surface area contributed by atoms with Crippen molar-refractivity contribution >= 4 is 23.1 Å². The van der Waals surface area contributed by atoms with Gasteiger partial charge in [-0.15, -0.1) is 0 Å². The highest BCUT2D eigenvalue weighted by molar-refractivity contribution is 7.80. The molecule has 0 spiro atoms. The van der Waals surface area contributed by atoms with Crippen LogP contribution in [0, 0.1) is 6.92 Å². The topological polar surface area (TPSA) is 46.2 Å². The number of aromatic nitrogens is 1. The van der Waals surface area contributed by atoms with E-state index in [4.69, 9.17) is 17.0 Å². The van der Waals surface area contributed by atoms with Crippen LogP contribution < -0.4 is 10.6 Å². The standard InChI is InChI=1S/C12H17N3OS/c1-9-4-5-11(13-7-9)15-12(17)14-8-10-3-2-6-16-10/h4-5,7,10H,2-3,6,8H2,1H3,(H2,13,14,15,17)/t10-/m0/s1. The second-order valence-electron chi connectivity index (χ2n) is 4.19. The number of nitrogens with one attached hydrogen (secondary N) is 2. The molecule has 0 saturated carbocycles. The maximum atomic E-state index is 5.50. The number of hydrogen-bond donors (Lipinski definition) is 2. The van der Waals surface area contributed by atoms with E-state index in [0.717, 1.165) is 37.4 Å². The lowest BCUT2D eigenvalue weighted by atomic mass is 10.2. The van der Waals surface area contributed by atoms with Crippen molar-refractivity contribution in [3.05, 3.63) is 23.9 Å². The minimum Gasteiger partial charge on any atom is -0.376 e. The van der Waals surface area contributed by atoms with E-state index in [-0.39, 0.29) is 0 Å². The monoisotopic (exact) mass is 251 g/mol. The van der Waals surface area contributed by atoms with Crippen molar-refractivity contribution in [1.82, 2.24) is 10.3 Å². The molecule has 1 fully saturated rings. The van der Waals surface area contributed by atoms with Crippen molar-refractivity contribution in [1.29, 1.82) is 0 Å². The average Bonchev–Trinajstić information content (AvgIpc) is 2.83. The van der Waals surface area contributed by atoms with Crippen molar-refractivity contribution in [2.24, 2.45) is 0 Å². The second-order valence-corrected chi connectivity index (χ2v) is 4.60. The van der Waals surface area contributed by atoms with Gasteiger partial charge in [0.2, 0.25) is 0 Å². The van der Waals surface area contributed by atoms with Crippen LogP contribution in [-0.4, -0.2) is 29.4 Å². The van der Waals surface area contributed by atoms with Crippen LogP contribution in [0.4, 0.5) is 5.82 Å². The van der Waals surface area contributed by atoms with E-state index in [0.29, 0.717) is 11.2 Å². The summed E-state index contributed by atoms with van der Waals surface area (Å²) in [5.41, 5.74) is 1.13. The smallest absolute Gasteiger partial charge is 0.172 e. The number of ether oxygens (including phenoxy) is 1. The SMILES string of the molecule is Cc1ccc(NC(=S)NC[C@@H]2CCCO2)nc1. The third kappa shape index (κ3) is 3.94. The van der Waals surface area contributed by atoms with E-state index in [2.05, 4.69) is 15.6 Å². The number of aryl methyl sites for hydroxylation is 1. The lowest BCUT2D eigenvalue weighted by Gasteiger charge is -2.13. The molecule has 2 heterocycles. The summed E-state index contributed by atoms with van der Waals surface area (Å²) >= 11 is 5.19. The molecule has 1 aromatic heterocycles. The Kier molecular flexibility index (Phi) is 4.28. The van der Waals surface area contributed by atoms with E-state index in [9.17, 15) is 0 Å². The largest absolute Gasteiger partial charge is 0.376 e. The Balaban J connectivity index is 1.74. The van der Waals surface area contributed by atoms with Crippen LogP contribution in [0.1, 0.15) is 18.4 Å².